The van der Waals surface area contributed by atoms with Crippen LogP contribution in [0.25, 0.3) is 0 Å². The first-order chi connectivity index (χ1) is 8.30. The van der Waals surface area contributed by atoms with Crippen molar-refractivity contribution in [1.82, 2.24) is 4.31 Å². The van der Waals surface area contributed by atoms with E-state index in [9.17, 15) is 8.42 Å². The van der Waals surface area contributed by atoms with Crippen LogP contribution < -0.4 is 5.73 Å². The largest absolute Gasteiger partial charge is 0.330 e. The van der Waals surface area contributed by atoms with Crippen LogP contribution in [-0.2, 0) is 10.0 Å². The van der Waals surface area contributed by atoms with E-state index < -0.39 is 10.0 Å². The van der Waals surface area contributed by atoms with Gasteiger partial charge in [0.2, 0.25) is 10.0 Å². The molecular weight excluding hydrogens is 248 g/mol. The zero-order valence-electron chi connectivity index (χ0n) is 11.5. The van der Waals surface area contributed by atoms with Gasteiger partial charge in [0, 0.05) is 13.6 Å². The van der Waals surface area contributed by atoms with Crippen molar-refractivity contribution >= 4 is 10.0 Å². The third-order valence-electron chi connectivity index (χ3n) is 2.95. The second-order valence-corrected chi connectivity index (χ2v) is 6.68. The fraction of sp³-hybridized carbons (Fsp3) is 0.538. The van der Waals surface area contributed by atoms with E-state index in [1.807, 2.05) is 32.9 Å². The van der Waals surface area contributed by atoms with Crippen LogP contribution in [-0.4, -0.2) is 32.9 Å². The molecule has 5 heteroatoms. The lowest BCUT2D eigenvalue weighted by Crippen LogP contribution is -2.30. The molecule has 1 aromatic rings. The first kappa shape index (κ1) is 15.1. The molecule has 0 heterocycles. The molecule has 0 aliphatic carbocycles. The molecule has 0 spiro atoms. The van der Waals surface area contributed by atoms with E-state index in [-0.39, 0.29) is 0 Å². The highest BCUT2D eigenvalue weighted by Crippen LogP contribution is 2.24. The van der Waals surface area contributed by atoms with E-state index in [0.717, 1.165) is 16.7 Å². The highest BCUT2D eigenvalue weighted by atomic mass is 32.2. The Labute approximate surface area is 110 Å². The van der Waals surface area contributed by atoms with Gasteiger partial charge in [0.05, 0.1) is 4.90 Å². The lowest BCUT2D eigenvalue weighted by atomic mass is 10.1. The molecule has 0 amide bonds. The number of aryl methyl sites for hydroxylation is 3. The number of rotatable bonds is 5. The van der Waals surface area contributed by atoms with Gasteiger partial charge in [-0.25, -0.2) is 12.7 Å². The molecule has 1 rings (SSSR count). The second kappa shape index (κ2) is 5.82. The first-order valence-corrected chi connectivity index (χ1v) is 7.49. The summed E-state index contributed by atoms with van der Waals surface area (Å²) in [5, 5.41) is 0. The molecule has 0 atom stereocenters. The fourth-order valence-electron chi connectivity index (χ4n) is 2.16. The molecular formula is C13H22N2O2S. The van der Waals surface area contributed by atoms with Crippen molar-refractivity contribution < 1.29 is 8.42 Å². The maximum absolute atomic E-state index is 12.5. The van der Waals surface area contributed by atoms with Gasteiger partial charge < -0.3 is 5.73 Å². The van der Waals surface area contributed by atoms with Crippen molar-refractivity contribution in [2.24, 2.45) is 5.73 Å². The molecule has 102 valence electrons. The predicted molar refractivity (Wildman–Crippen MR) is 74.1 cm³/mol. The molecule has 1 aromatic carbocycles. The van der Waals surface area contributed by atoms with Crippen molar-refractivity contribution in [3.63, 3.8) is 0 Å². The van der Waals surface area contributed by atoms with Crippen LogP contribution in [0.4, 0.5) is 0 Å². The lowest BCUT2D eigenvalue weighted by molar-refractivity contribution is 0.463. The quantitative estimate of drug-likeness (QED) is 0.883. The number of hydrogen-bond acceptors (Lipinski definition) is 3. The Balaban J connectivity index is 3.20. The number of nitrogens with two attached hydrogens (primary N) is 1. The van der Waals surface area contributed by atoms with Gasteiger partial charge in [-0.15, -0.1) is 0 Å². The molecule has 0 bridgehead atoms. The zero-order valence-corrected chi connectivity index (χ0v) is 12.3. The number of nitrogens with zero attached hydrogens (tertiary/aromatic N) is 1. The fourth-order valence-corrected chi connectivity index (χ4v) is 3.78. The van der Waals surface area contributed by atoms with Crippen molar-refractivity contribution in [2.45, 2.75) is 32.1 Å². The number of sulfonamides is 1. The summed E-state index contributed by atoms with van der Waals surface area (Å²) in [7, 11) is -1.81. The van der Waals surface area contributed by atoms with Crippen LogP contribution >= 0.6 is 0 Å². The van der Waals surface area contributed by atoms with Crippen LogP contribution in [0.15, 0.2) is 17.0 Å². The molecule has 0 saturated heterocycles. The van der Waals surface area contributed by atoms with Crippen LogP contribution in [0, 0.1) is 20.8 Å². The van der Waals surface area contributed by atoms with E-state index in [1.54, 1.807) is 7.05 Å². The second-order valence-electron chi connectivity index (χ2n) is 4.70. The molecule has 0 fully saturated rings. The van der Waals surface area contributed by atoms with E-state index in [2.05, 4.69) is 0 Å². The maximum Gasteiger partial charge on any atom is 0.243 e. The average Bonchev–Trinajstić information content (AvgIpc) is 2.23. The summed E-state index contributed by atoms with van der Waals surface area (Å²) in [4.78, 5) is 0.424. The Morgan fingerprint density at radius 2 is 1.67 bits per heavy atom. The van der Waals surface area contributed by atoms with Gasteiger partial charge in [-0.3, -0.25) is 0 Å². The summed E-state index contributed by atoms with van der Waals surface area (Å²) in [5.41, 5.74) is 8.09. The van der Waals surface area contributed by atoms with Crippen molar-refractivity contribution in [3.8, 4) is 0 Å². The zero-order chi connectivity index (χ0) is 13.9. The summed E-state index contributed by atoms with van der Waals surface area (Å²) < 4.78 is 26.3. The highest BCUT2D eigenvalue weighted by molar-refractivity contribution is 7.89. The molecule has 18 heavy (non-hydrogen) atoms. The summed E-state index contributed by atoms with van der Waals surface area (Å²) in [6.07, 6.45) is 0.666. The Morgan fingerprint density at radius 1 is 1.17 bits per heavy atom. The molecule has 0 unspecified atom stereocenters. The van der Waals surface area contributed by atoms with Gasteiger partial charge in [-0.05, 0) is 44.9 Å². The first-order valence-electron chi connectivity index (χ1n) is 6.05. The van der Waals surface area contributed by atoms with Gasteiger partial charge in [0.1, 0.15) is 0 Å². The molecule has 4 nitrogen and oxygen atoms in total. The van der Waals surface area contributed by atoms with Gasteiger partial charge in [-0.1, -0.05) is 17.7 Å². The van der Waals surface area contributed by atoms with E-state index in [1.165, 1.54) is 4.31 Å². The van der Waals surface area contributed by atoms with E-state index in [0.29, 0.717) is 24.4 Å². The van der Waals surface area contributed by atoms with Gasteiger partial charge in [0.25, 0.3) is 0 Å². The third kappa shape index (κ3) is 3.10. The van der Waals surface area contributed by atoms with Crippen LogP contribution in [0.1, 0.15) is 23.1 Å². The Bertz CT molecular complexity index is 501. The minimum Gasteiger partial charge on any atom is -0.330 e. The molecule has 0 aromatic heterocycles. The van der Waals surface area contributed by atoms with Crippen LogP contribution in [0.3, 0.4) is 0 Å². The Kier molecular flexibility index (Phi) is 4.90. The number of benzene rings is 1. The monoisotopic (exact) mass is 270 g/mol. The molecule has 0 radical (unpaired) electrons. The SMILES string of the molecule is Cc1cc(C)c(S(=O)(=O)N(C)CCCN)c(C)c1. The summed E-state index contributed by atoms with van der Waals surface area (Å²) in [5.74, 6) is 0. The van der Waals surface area contributed by atoms with Gasteiger partial charge >= 0.3 is 0 Å². The van der Waals surface area contributed by atoms with Crippen molar-refractivity contribution in [2.75, 3.05) is 20.1 Å². The van der Waals surface area contributed by atoms with Crippen molar-refractivity contribution in [3.05, 3.63) is 28.8 Å². The predicted octanol–water partition coefficient (Wildman–Crippen LogP) is 1.58. The average molecular weight is 270 g/mol. The van der Waals surface area contributed by atoms with Crippen LogP contribution in [0.2, 0.25) is 0 Å². The van der Waals surface area contributed by atoms with Crippen LogP contribution in [0.5, 0.6) is 0 Å². The minimum atomic E-state index is -3.41. The summed E-state index contributed by atoms with van der Waals surface area (Å²) in [6.45, 7) is 6.58. The van der Waals surface area contributed by atoms with Gasteiger partial charge in [-0.2, -0.15) is 0 Å². The molecule has 0 aliphatic heterocycles. The maximum atomic E-state index is 12.5. The Morgan fingerprint density at radius 3 is 2.11 bits per heavy atom. The number of hydrogen-bond donors (Lipinski definition) is 1. The van der Waals surface area contributed by atoms with Gasteiger partial charge in [0.15, 0.2) is 0 Å². The normalized spacial score (nSPS) is 12.1. The lowest BCUT2D eigenvalue weighted by Gasteiger charge is -2.20. The molecule has 0 saturated carbocycles. The highest BCUT2D eigenvalue weighted by Gasteiger charge is 2.24. The third-order valence-corrected chi connectivity index (χ3v) is 5.11. The smallest absolute Gasteiger partial charge is 0.243 e. The molecule has 2 N–H and O–H groups in total. The van der Waals surface area contributed by atoms with E-state index >= 15 is 0 Å². The minimum absolute atomic E-state index is 0.424. The summed E-state index contributed by atoms with van der Waals surface area (Å²) in [6, 6.07) is 3.80. The standard InChI is InChI=1S/C13H22N2O2S/c1-10-8-11(2)13(12(3)9-10)18(16,17)15(4)7-5-6-14/h8-9H,5-7,14H2,1-4H3. The molecule has 0 aliphatic rings. The van der Waals surface area contributed by atoms with E-state index in [4.69, 9.17) is 5.73 Å². The van der Waals surface area contributed by atoms with Crippen molar-refractivity contribution in [1.29, 1.82) is 0 Å². The topological polar surface area (TPSA) is 63.4 Å². The Hall–Kier alpha value is -0.910. The summed E-state index contributed by atoms with van der Waals surface area (Å²) >= 11 is 0.